The summed E-state index contributed by atoms with van der Waals surface area (Å²) >= 11 is 2.19. The van der Waals surface area contributed by atoms with Crippen molar-refractivity contribution in [1.29, 1.82) is 0 Å². The first-order chi connectivity index (χ1) is 9.72. The molecule has 2 aromatic heterocycles. The van der Waals surface area contributed by atoms with Gasteiger partial charge in [0.25, 0.3) is 0 Å². The highest BCUT2D eigenvalue weighted by molar-refractivity contribution is 8.00. The molecule has 0 amide bonds. The predicted molar refractivity (Wildman–Crippen MR) is 74.7 cm³/mol. The lowest BCUT2D eigenvalue weighted by molar-refractivity contribution is -0.380. The van der Waals surface area contributed by atoms with E-state index in [-0.39, 0.29) is 5.00 Å². The Morgan fingerprint density at radius 2 is 2.10 bits per heavy atom. The fourth-order valence-corrected chi connectivity index (χ4v) is 3.08. The van der Waals surface area contributed by atoms with E-state index in [2.05, 4.69) is 20.2 Å². The summed E-state index contributed by atoms with van der Waals surface area (Å²) in [6.45, 7) is 0. The highest BCUT2D eigenvalue weighted by atomic mass is 32.2. The van der Waals surface area contributed by atoms with Crippen LogP contribution in [0.4, 0.5) is 5.00 Å². The number of nitrogens with zero attached hydrogens (tertiary/aromatic N) is 4. The summed E-state index contributed by atoms with van der Waals surface area (Å²) in [5.74, 6) is 0.652. The maximum absolute atomic E-state index is 10.6. The average Bonchev–Trinajstić information content (AvgIpc) is 3.10. The Morgan fingerprint density at radius 1 is 1.30 bits per heavy atom. The second-order valence-electron chi connectivity index (χ2n) is 3.66. The molecule has 0 fully saturated rings. The number of thiazole rings is 1. The lowest BCUT2D eigenvalue weighted by atomic mass is 10.2. The fraction of sp³-hybridized carbons (Fsp3) is 0. The summed E-state index contributed by atoms with van der Waals surface area (Å²) in [5, 5.41) is 18.0. The van der Waals surface area contributed by atoms with E-state index in [1.54, 1.807) is 0 Å². The van der Waals surface area contributed by atoms with Gasteiger partial charge in [0.2, 0.25) is 5.16 Å². The molecule has 0 saturated carbocycles. The fourth-order valence-electron chi connectivity index (χ4n) is 1.48. The van der Waals surface area contributed by atoms with Crippen molar-refractivity contribution in [1.82, 2.24) is 20.2 Å². The van der Waals surface area contributed by atoms with E-state index < -0.39 is 4.92 Å². The molecule has 20 heavy (non-hydrogen) atoms. The van der Waals surface area contributed by atoms with Gasteiger partial charge in [-0.15, -0.1) is 5.10 Å². The van der Waals surface area contributed by atoms with Crippen LogP contribution in [0.1, 0.15) is 0 Å². The van der Waals surface area contributed by atoms with Gasteiger partial charge in [-0.3, -0.25) is 15.2 Å². The first kappa shape index (κ1) is 12.8. The largest absolute Gasteiger partial charge is 0.344 e. The quantitative estimate of drug-likeness (QED) is 0.588. The van der Waals surface area contributed by atoms with Crippen molar-refractivity contribution in [3.63, 3.8) is 0 Å². The molecule has 0 unspecified atom stereocenters. The van der Waals surface area contributed by atoms with E-state index in [1.807, 2.05) is 30.3 Å². The van der Waals surface area contributed by atoms with Crippen LogP contribution in [-0.2, 0) is 0 Å². The molecule has 0 saturated heterocycles. The van der Waals surface area contributed by atoms with Crippen molar-refractivity contribution in [3.05, 3.63) is 46.6 Å². The van der Waals surface area contributed by atoms with Gasteiger partial charge in [0, 0.05) is 5.56 Å². The molecular formula is C11H7N5O2S2. The minimum absolute atomic E-state index is 0.00585. The third kappa shape index (κ3) is 2.68. The van der Waals surface area contributed by atoms with Crippen molar-refractivity contribution in [3.8, 4) is 11.4 Å². The number of hydrogen-bond donors (Lipinski definition) is 1. The van der Waals surface area contributed by atoms with E-state index in [4.69, 9.17) is 0 Å². The zero-order valence-electron chi connectivity index (χ0n) is 9.89. The number of aromatic amines is 1. The van der Waals surface area contributed by atoms with Crippen molar-refractivity contribution in [2.45, 2.75) is 9.50 Å². The Bertz CT molecular complexity index is 740. The normalized spacial score (nSPS) is 10.6. The van der Waals surface area contributed by atoms with Crippen LogP contribution in [0.25, 0.3) is 11.4 Å². The molecule has 0 bridgehead atoms. The molecule has 3 aromatic rings. The maximum Gasteiger partial charge on any atom is 0.344 e. The lowest BCUT2D eigenvalue weighted by Gasteiger charge is -1.92. The number of benzene rings is 1. The second kappa shape index (κ2) is 5.39. The monoisotopic (exact) mass is 305 g/mol. The molecule has 0 radical (unpaired) electrons. The van der Waals surface area contributed by atoms with Gasteiger partial charge in [0.1, 0.15) is 6.20 Å². The number of H-pyrrole nitrogens is 1. The number of nitro groups is 1. The van der Waals surface area contributed by atoms with Crippen LogP contribution < -0.4 is 0 Å². The molecule has 1 aromatic carbocycles. The first-order valence-corrected chi connectivity index (χ1v) is 7.11. The van der Waals surface area contributed by atoms with E-state index in [0.717, 1.165) is 16.9 Å². The average molecular weight is 305 g/mol. The molecule has 2 heterocycles. The third-order valence-electron chi connectivity index (χ3n) is 2.34. The van der Waals surface area contributed by atoms with Crippen LogP contribution in [0.2, 0.25) is 0 Å². The Hall–Kier alpha value is -2.26. The van der Waals surface area contributed by atoms with Crippen LogP contribution in [0.3, 0.4) is 0 Å². The van der Waals surface area contributed by atoms with Crippen molar-refractivity contribution < 1.29 is 4.92 Å². The molecule has 0 aliphatic rings. The Balaban J connectivity index is 1.78. The number of nitrogens with one attached hydrogen (secondary N) is 1. The summed E-state index contributed by atoms with van der Waals surface area (Å²) in [7, 11) is 0. The van der Waals surface area contributed by atoms with E-state index >= 15 is 0 Å². The first-order valence-electron chi connectivity index (χ1n) is 5.48. The Morgan fingerprint density at radius 3 is 2.80 bits per heavy atom. The van der Waals surface area contributed by atoms with Gasteiger partial charge in [-0.1, -0.05) is 30.3 Å². The molecule has 9 heteroatoms. The van der Waals surface area contributed by atoms with Crippen LogP contribution in [0, 0.1) is 10.1 Å². The van der Waals surface area contributed by atoms with Crippen molar-refractivity contribution >= 4 is 28.1 Å². The van der Waals surface area contributed by atoms with Gasteiger partial charge in [-0.25, -0.2) is 9.97 Å². The van der Waals surface area contributed by atoms with Gasteiger partial charge < -0.3 is 0 Å². The van der Waals surface area contributed by atoms with E-state index in [1.165, 1.54) is 18.0 Å². The molecule has 0 atom stereocenters. The van der Waals surface area contributed by atoms with Crippen LogP contribution in [0.15, 0.2) is 46.0 Å². The Kier molecular flexibility index (Phi) is 3.44. The van der Waals surface area contributed by atoms with Gasteiger partial charge in [-0.2, -0.15) is 0 Å². The van der Waals surface area contributed by atoms with Gasteiger partial charge in [0.05, 0.1) is 4.92 Å². The van der Waals surface area contributed by atoms with Crippen LogP contribution in [0.5, 0.6) is 0 Å². The summed E-state index contributed by atoms with van der Waals surface area (Å²) in [6.07, 6.45) is 1.23. The lowest BCUT2D eigenvalue weighted by Crippen LogP contribution is -1.80. The highest BCUT2D eigenvalue weighted by Gasteiger charge is 2.14. The molecule has 0 aliphatic carbocycles. The Labute approximate surface area is 121 Å². The topological polar surface area (TPSA) is 97.6 Å². The smallest absolute Gasteiger partial charge is 0.258 e. The van der Waals surface area contributed by atoms with Gasteiger partial charge >= 0.3 is 5.00 Å². The summed E-state index contributed by atoms with van der Waals surface area (Å²) in [6, 6.07) is 9.58. The number of aromatic nitrogens is 4. The number of rotatable bonds is 4. The summed E-state index contributed by atoms with van der Waals surface area (Å²) in [5.41, 5.74) is 0.928. The molecule has 0 spiro atoms. The second-order valence-corrected chi connectivity index (χ2v) is 5.88. The molecule has 3 rings (SSSR count). The summed E-state index contributed by atoms with van der Waals surface area (Å²) < 4.78 is 0.537. The maximum atomic E-state index is 10.6. The van der Waals surface area contributed by atoms with Crippen LogP contribution in [-0.4, -0.2) is 25.1 Å². The molecular weight excluding hydrogens is 298 g/mol. The molecule has 100 valence electrons. The zero-order chi connectivity index (χ0) is 13.9. The van der Waals surface area contributed by atoms with E-state index in [0.29, 0.717) is 15.3 Å². The van der Waals surface area contributed by atoms with Gasteiger partial charge in [-0.05, 0) is 23.1 Å². The van der Waals surface area contributed by atoms with E-state index in [9.17, 15) is 10.1 Å². The number of hydrogen-bond acceptors (Lipinski definition) is 7. The minimum atomic E-state index is -0.463. The molecule has 7 nitrogen and oxygen atoms in total. The highest BCUT2D eigenvalue weighted by Crippen LogP contribution is 2.32. The SMILES string of the molecule is O=[N+]([O-])c1cnc(Sc2n[nH]c(-c3ccccc3)n2)s1. The molecule has 1 N–H and O–H groups in total. The standard InChI is InChI=1S/C11H7N5O2S2/c17-16(18)8-6-12-11(19-8)20-10-13-9(14-15-10)7-4-2-1-3-5-7/h1-6H,(H,13,14,15). The predicted octanol–water partition coefficient (Wildman–Crippen LogP) is 2.99. The minimum Gasteiger partial charge on any atom is -0.258 e. The molecule has 0 aliphatic heterocycles. The third-order valence-corrected chi connectivity index (χ3v) is 4.23. The van der Waals surface area contributed by atoms with Crippen LogP contribution >= 0.6 is 23.1 Å². The summed E-state index contributed by atoms with van der Waals surface area (Å²) in [4.78, 5) is 18.4. The van der Waals surface area contributed by atoms with Crippen molar-refractivity contribution in [2.24, 2.45) is 0 Å². The zero-order valence-corrected chi connectivity index (χ0v) is 11.5. The van der Waals surface area contributed by atoms with Crippen molar-refractivity contribution in [2.75, 3.05) is 0 Å². The van der Waals surface area contributed by atoms with Gasteiger partial charge in [0.15, 0.2) is 10.2 Å².